The first kappa shape index (κ1) is 28.2. The summed E-state index contributed by atoms with van der Waals surface area (Å²) in [4.78, 5) is 29.3. The van der Waals surface area contributed by atoms with Crippen LogP contribution in [0, 0.1) is 12.3 Å². The highest BCUT2D eigenvalue weighted by Gasteiger charge is 2.26. The lowest BCUT2D eigenvalue weighted by Gasteiger charge is -2.15. The Morgan fingerprint density at radius 2 is 1.82 bits per heavy atom. The van der Waals surface area contributed by atoms with Gasteiger partial charge >= 0.3 is 5.97 Å². The van der Waals surface area contributed by atoms with Crippen molar-refractivity contribution in [1.82, 2.24) is 15.3 Å². The first-order valence-corrected chi connectivity index (χ1v) is 11.8. The minimum Gasteiger partial charge on any atom is -0.487 e. The molecule has 11 heteroatoms. The largest absolute Gasteiger partial charge is 0.487 e. The number of aliphatic carboxylic acids is 1. The van der Waals surface area contributed by atoms with E-state index in [1.165, 1.54) is 6.33 Å². The van der Waals surface area contributed by atoms with Gasteiger partial charge in [-0.05, 0) is 30.7 Å². The fourth-order valence-electron chi connectivity index (χ4n) is 3.48. The van der Waals surface area contributed by atoms with Gasteiger partial charge in [-0.15, -0.1) is 6.42 Å². The number of benzene rings is 2. The van der Waals surface area contributed by atoms with E-state index < -0.39 is 12.0 Å². The number of terminal acetylenes is 1. The highest BCUT2D eigenvalue weighted by molar-refractivity contribution is 5.93. The van der Waals surface area contributed by atoms with Crippen molar-refractivity contribution in [3.05, 3.63) is 48.3 Å². The molecule has 2 aromatic carbocycles. The molecule has 0 aliphatic carbocycles. The highest BCUT2D eigenvalue weighted by Crippen LogP contribution is 2.35. The number of aromatic nitrogens is 2. The van der Waals surface area contributed by atoms with Crippen molar-refractivity contribution >= 4 is 34.3 Å². The van der Waals surface area contributed by atoms with E-state index in [0.717, 1.165) is 22.2 Å². The molecule has 3 aromatic rings. The van der Waals surface area contributed by atoms with Crippen molar-refractivity contribution in [2.45, 2.75) is 18.9 Å². The van der Waals surface area contributed by atoms with Crippen LogP contribution in [0.4, 0.5) is 11.5 Å². The first-order chi connectivity index (χ1) is 18.4. The third-order valence-corrected chi connectivity index (χ3v) is 5.38. The van der Waals surface area contributed by atoms with Gasteiger partial charge in [0.25, 0.3) is 0 Å². The number of nitrogens with zero attached hydrogens (tertiary/aromatic N) is 2. The standard InChI is InChI=1S/C22H23N3O4.C5H7NO3/c1-4-16-6-5-7-17(12-16)25-22-18-13-20(28-10-8-26-2)21(29-11-9-27-3)14-19(18)23-15-24-22;7-4-2-1-3(6-4)5(8)9/h1,5-7,12-15H,8-11H2,2-3H3,(H,23,24,25);3H,1-2H2,(H,6,7)(H,8,9)/t;3-/m.1/s1. The smallest absolute Gasteiger partial charge is 0.326 e. The van der Waals surface area contributed by atoms with E-state index in [-0.39, 0.29) is 5.91 Å². The summed E-state index contributed by atoms with van der Waals surface area (Å²) in [6, 6.07) is 10.6. The Balaban J connectivity index is 0.000000375. The summed E-state index contributed by atoms with van der Waals surface area (Å²) in [6.07, 6.45) is 7.76. The number of rotatable bonds is 11. The van der Waals surface area contributed by atoms with E-state index in [9.17, 15) is 9.59 Å². The molecule has 0 unspecified atom stereocenters. The van der Waals surface area contributed by atoms with Crippen LogP contribution in [0.1, 0.15) is 18.4 Å². The molecule has 11 nitrogen and oxygen atoms in total. The monoisotopic (exact) mass is 522 g/mol. The van der Waals surface area contributed by atoms with Gasteiger partial charge in [-0.2, -0.15) is 0 Å². The molecule has 3 N–H and O–H groups in total. The number of nitrogens with one attached hydrogen (secondary N) is 2. The number of amides is 1. The molecule has 0 saturated carbocycles. The van der Waals surface area contributed by atoms with Crippen molar-refractivity contribution in [3.63, 3.8) is 0 Å². The van der Waals surface area contributed by atoms with Crippen molar-refractivity contribution < 1.29 is 33.6 Å². The van der Waals surface area contributed by atoms with E-state index in [2.05, 4.69) is 26.5 Å². The predicted molar refractivity (Wildman–Crippen MR) is 141 cm³/mol. The number of anilines is 2. The lowest BCUT2D eigenvalue weighted by Crippen LogP contribution is -2.32. The van der Waals surface area contributed by atoms with Gasteiger partial charge in [0.1, 0.15) is 31.4 Å². The molecule has 4 rings (SSSR count). The molecule has 1 aliphatic rings. The lowest BCUT2D eigenvalue weighted by molar-refractivity contribution is -0.140. The van der Waals surface area contributed by atoms with Gasteiger partial charge < -0.3 is 34.7 Å². The van der Waals surface area contributed by atoms with Crippen LogP contribution in [0.5, 0.6) is 11.5 Å². The minimum absolute atomic E-state index is 0.164. The number of carboxylic acid groups (broad SMARTS) is 1. The molecular formula is C27H30N4O7. The molecule has 1 aliphatic heterocycles. The molecule has 1 amide bonds. The van der Waals surface area contributed by atoms with Crippen molar-refractivity contribution in [3.8, 4) is 23.8 Å². The Morgan fingerprint density at radius 1 is 1.11 bits per heavy atom. The normalized spacial score (nSPS) is 14.1. The Kier molecular flexibility index (Phi) is 10.7. The molecule has 1 aromatic heterocycles. The summed E-state index contributed by atoms with van der Waals surface area (Å²) in [5, 5.41) is 14.7. The Labute approximate surface area is 220 Å². The summed E-state index contributed by atoms with van der Waals surface area (Å²) >= 11 is 0. The van der Waals surface area contributed by atoms with Gasteiger partial charge in [-0.3, -0.25) is 4.79 Å². The molecule has 0 bridgehead atoms. The molecule has 200 valence electrons. The van der Waals surface area contributed by atoms with Crippen molar-refractivity contribution in [2.24, 2.45) is 0 Å². The van der Waals surface area contributed by atoms with Crippen LogP contribution in [0.3, 0.4) is 0 Å². The van der Waals surface area contributed by atoms with Crippen LogP contribution in [0.2, 0.25) is 0 Å². The van der Waals surface area contributed by atoms with Crippen molar-refractivity contribution in [2.75, 3.05) is 46.0 Å². The zero-order chi connectivity index (χ0) is 27.3. The van der Waals surface area contributed by atoms with Crippen LogP contribution >= 0.6 is 0 Å². The number of carbonyl (C=O) groups is 2. The second kappa shape index (κ2) is 14.4. The summed E-state index contributed by atoms with van der Waals surface area (Å²) in [5.41, 5.74) is 2.34. The van der Waals surface area contributed by atoms with Crippen LogP contribution in [-0.2, 0) is 19.1 Å². The maximum atomic E-state index is 10.4. The quantitative estimate of drug-likeness (QED) is 0.254. The van der Waals surface area contributed by atoms with Crippen molar-refractivity contribution in [1.29, 1.82) is 0 Å². The van der Waals surface area contributed by atoms with E-state index in [0.29, 0.717) is 56.6 Å². The number of ether oxygens (including phenoxy) is 4. The summed E-state index contributed by atoms with van der Waals surface area (Å²) in [5.74, 6) is 3.34. The van der Waals surface area contributed by atoms with Gasteiger partial charge in [-0.1, -0.05) is 12.0 Å². The fraction of sp³-hybridized carbons (Fsp3) is 0.333. The van der Waals surface area contributed by atoms with E-state index in [4.69, 9.17) is 30.5 Å². The Hall–Kier alpha value is -4.40. The van der Waals surface area contributed by atoms with Crippen LogP contribution in [0.25, 0.3) is 10.9 Å². The molecule has 0 radical (unpaired) electrons. The number of methoxy groups -OCH3 is 2. The van der Waals surface area contributed by atoms with Gasteiger partial charge in [0, 0.05) is 43.3 Å². The van der Waals surface area contributed by atoms with Crippen LogP contribution < -0.4 is 20.1 Å². The van der Waals surface area contributed by atoms with Crippen LogP contribution in [-0.4, -0.2) is 73.6 Å². The second-order valence-electron chi connectivity index (χ2n) is 8.07. The second-order valence-corrected chi connectivity index (χ2v) is 8.07. The summed E-state index contributed by atoms with van der Waals surface area (Å²) in [7, 11) is 3.25. The zero-order valence-corrected chi connectivity index (χ0v) is 21.2. The average molecular weight is 523 g/mol. The number of fused-ring (bicyclic) bond motifs is 1. The Bertz CT molecular complexity index is 1290. The highest BCUT2D eigenvalue weighted by atomic mass is 16.5. The average Bonchev–Trinajstić information content (AvgIpc) is 3.36. The van der Waals surface area contributed by atoms with Gasteiger partial charge in [0.15, 0.2) is 11.5 Å². The number of hydrogen-bond acceptors (Lipinski definition) is 9. The summed E-state index contributed by atoms with van der Waals surface area (Å²) in [6.45, 7) is 1.73. The van der Waals surface area contributed by atoms with E-state index in [1.807, 2.05) is 36.4 Å². The molecule has 1 fully saturated rings. The third-order valence-electron chi connectivity index (χ3n) is 5.38. The minimum atomic E-state index is -0.944. The number of carboxylic acids is 1. The molecule has 1 saturated heterocycles. The van der Waals surface area contributed by atoms with Gasteiger partial charge in [0.05, 0.1) is 18.7 Å². The number of hydrogen-bond donors (Lipinski definition) is 3. The number of carbonyl (C=O) groups excluding carboxylic acids is 1. The fourth-order valence-corrected chi connectivity index (χ4v) is 3.48. The van der Waals surface area contributed by atoms with E-state index in [1.54, 1.807) is 14.2 Å². The van der Waals surface area contributed by atoms with Gasteiger partial charge in [-0.25, -0.2) is 14.8 Å². The zero-order valence-electron chi connectivity index (χ0n) is 21.2. The van der Waals surface area contributed by atoms with E-state index >= 15 is 0 Å². The molecule has 0 spiro atoms. The van der Waals surface area contributed by atoms with Gasteiger partial charge in [0.2, 0.25) is 5.91 Å². The topological polar surface area (TPSA) is 141 Å². The molecular weight excluding hydrogens is 492 g/mol. The SMILES string of the molecule is C#Cc1cccc(Nc2ncnc3cc(OCCOC)c(OCCOC)cc23)c1.O=C1CC[C@H](C(=O)O)N1. The molecule has 1 atom stereocenters. The summed E-state index contributed by atoms with van der Waals surface area (Å²) < 4.78 is 21.8. The lowest BCUT2D eigenvalue weighted by atomic mass is 10.2. The molecule has 2 heterocycles. The maximum absolute atomic E-state index is 10.4. The Morgan fingerprint density at radius 3 is 2.39 bits per heavy atom. The van der Waals surface area contributed by atoms with Crippen LogP contribution in [0.15, 0.2) is 42.7 Å². The molecule has 38 heavy (non-hydrogen) atoms. The maximum Gasteiger partial charge on any atom is 0.326 e. The first-order valence-electron chi connectivity index (χ1n) is 11.8. The third kappa shape index (κ3) is 8.06. The predicted octanol–water partition coefficient (Wildman–Crippen LogP) is 2.75.